The molecule has 0 N–H and O–H groups in total. The summed E-state index contributed by atoms with van der Waals surface area (Å²) in [6.07, 6.45) is 2.19. The number of hydrogen-bond acceptors (Lipinski definition) is 2. The summed E-state index contributed by atoms with van der Waals surface area (Å²) >= 11 is 3.33. The highest BCUT2D eigenvalue weighted by Gasteiger charge is 2.18. The van der Waals surface area contributed by atoms with Crippen LogP contribution in [0.1, 0.15) is 12.8 Å². The predicted molar refractivity (Wildman–Crippen MR) is 52.8 cm³/mol. The van der Waals surface area contributed by atoms with E-state index in [4.69, 9.17) is 5.26 Å². The van der Waals surface area contributed by atoms with E-state index in [9.17, 15) is 0 Å². The summed E-state index contributed by atoms with van der Waals surface area (Å²) in [5.74, 6) is 0.227. The number of nitriles is 1. The first kappa shape index (κ1) is 9.76. The van der Waals surface area contributed by atoms with E-state index in [-0.39, 0.29) is 5.92 Å². The molecule has 0 radical (unpaired) electrons. The first-order chi connectivity index (χ1) is 5.72. The molecule has 0 aromatic carbocycles. The second-order valence-electron chi connectivity index (χ2n) is 3.22. The van der Waals surface area contributed by atoms with Gasteiger partial charge in [0.25, 0.3) is 0 Å². The summed E-state index contributed by atoms with van der Waals surface area (Å²) in [6, 6.07) is 2.32. The number of nitrogens with zero attached hydrogens (tertiary/aromatic N) is 2. The molecule has 1 saturated heterocycles. The molecule has 1 fully saturated rings. The van der Waals surface area contributed by atoms with Gasteiger partial charge < -0.3 is 0 Å². The molecule has 0 aromatic heterocycles. The Morgan fingerprint density at radius 1 is 1.75 bits per heavy atom. The van der Waals surface area contributed by atoms with Crippen LogP contribution in [0.15, 0.2) is 11.1 Å². The minimum absolute atomic E-state index is 0.227. The Morgan fingerprint density at radius 2 is 2.50 bits per heavy atom. The third-order valence-corrected chi connectivity index (χ3v) is 2.33. The Morgan fingerprint density at radius 3 is 3.08 bits per heavy atom. The van der Waals surface area contributed by atoms with E-state index >= 15 is 0 Å². The van der Waals surface area contributed by atoms with Gasteiger partial charge in [0.05, 0.1) is 12.0 Å². The third-order valence-electron chi connectivity index (χ3n) is 2.08. The molecule has 0 aromatic rings. The van der Waals surface area contributed by atoms with E-state index < -0.39 is 0 Å². The lowest BCUT2D eigenvalue weighted by atomic mass is 10.00. The van der Waals surface area contributed by atoms with Gasteiger partial charge in [0.2, 0.25) is 0 Å². The van der Waals surface area contributed by atoms with Crippen LogP contribution in [0.4, 0.5) is 0 Å². The van der Waals surface area contributed by atoms with E-state index in [2.05, 4.69) is 33.5 Å². The summed E-state index contributed by atoms with van der Waals surface area (Å²) in [5.41, 5.74) is 0. The topological polar surface area (TPSA) is 27.0 Å². The van der Waals surface area contributed by atoms with Crippen molar-refractivity contribution in [3.63, 3.8) is 0 Å². The molecule has 1 atom stereocenters. The van der Waals surface area contributed by atoms with Gasteiger partial charge in [0.15, 0.2) is 0 Å². The van der Waals surface area contributed by atoms with Crippen molar-refractivity contribution in [2.45, 2.75) is 12.8 Å². The van der Waals surface area contributed by atoms with Gasteiger partial charge >= 0.3 is 0 Å². The SMILES string of the molecule is C=C(Br)CN1CCCC(C#N)C1. The zero-order valence-corrected chi connectivity index (χ0v) is 8.68. The molecule has 2 nitrogen and oxygen atoms in total. The molecule has 66 valence electrons. The lowest BCUT2D eigenvalue weighted by Gasteiger charge is -2.28. The third kappa shape index (κ3) is 2.96. The highest BCUT2D eigenvalue weighted by molar-refractivity contribution is 9.11. The van der Waals surface area contributed by atoms with Crippen LogP contribution >= 0.6 is 15.9 Å². The van der Waals surface area contributed by atoms with Crippen LogP contribution in [-0.2, 0) is 0 Å². The van der Waals surface area contributed by atoms with Gasteiger partial charge in [-0.25, -0.2) is 0 Å². The average molecular weight is 229 g/mol. The number of hydrogen-bond donors (Lipinski definition) is 0. The van der Waals surface area contributed by atoms with Crippen LogP contribution in [0.5, 0.6) is 0 Å². The molecular formula is C9H13BrN2. The highest BCUT2D eigenvalue weighted by Crippen LogP contribution is 2.17. The molecule has 0 aliphatic carbocycles. The van der Waals surface area contributed by atoms with E-state index in [0.29, 0.717) is 0 Å². The molecule has 0 saturated carbocycles. The summed E-state index contributed by atoms with van der Waals surface area (Å²) < 4.78 is 1.00. The number of piperidine rings is 1. The molecule has 1 heterocycles. The minimum Gasteiger partial charge on any atom is -0.297 e. The lowest BCUT2D eigenvalue weighted by Crippen LogP contribution is -2.35. The van der Waals surface area contributed by atoms with Gasteiger partial charge in [-0.1, -0.05) is 22.5 Å². The summed E-state index contributed by atoms with van der Waals surface area (Å²) in [5, 5.41) is 8.73. The highest BCUT2D eigenvalue weighted by atomic mass is 79.9. The summed E-state index contributed by atoms with van der Waals surface area (Å²) in [6.45, 7) is 6.67. The number of likely N-dealkylation sites (tertiary alicyclic amines) is 1. The zero-order valence-electron chi connectivity index (χ0n) is 7.09. The van der Waals surface area contributed by atoms with E-state index in [1.165, 1.54) is 0 Å². The van der Waals surface area contributed by atoms with Gasteiger partial charge in [-0.05, 0) is 19.4 Å². The van der Waals surface area contributed by atoms with Crippen molar-refractivity contribution in [1.82, 2.24) is 4.90 Å². The summed E-state index contributed by atoms with van der Waals surface area (Å²) in [7, 11) is 0. The first-order valence-electron chi connectivity index (χ1n) is 4.17. The van der Waals surface area contributed by atoms with Crippen molar-refractivity contribution >= 4 is 15.9 Å². The second-order valence-corrected chi connectivity index (χ2v) is 4.34. The maximum atomic E-state index is 8.73. The van der Waals surface area contributed by atoms with Crippen LogP contribution in [0, 0.1) is 17.2 Å². The van der Waals surface area contributed by atoms with Crippen LogP contribution < -0.4 is 0 Å². The number of rotatable bonds is 2. The fourth-order valence-corrected chi connectivity index (χ4v) is 1.90. The van der Waals surface area contributed by atoms with Gasteiger partial charge in [-0.3, -0.25) is 4.90 Å². The Labute approximate surface area is 82.0 Å². The second kappa shape index (κ2) is 4.64. The Hall–Kier alpha value is -0.330. The fraction of sp³-hybridized carbons (Fsp3) is 0.667. The predicted octanol–water partition coefficient (Wildman–Crippen LogP) is 2.13. The molecular weight excluding hydrogens is 216 g/mol. The molecule has 3 heteroatoms. The van der Waals surface area contributed by atoms with E-state index in [1.54, 1.807) is 0 Å². The van der Waals surface area contributed by atoms with Crippen LogP contribution in [0.25, 0.3) is 0 Å². The van der Waals surface area contributed by atoms with Crippen molar-refractivity contribution in [2.24, 2.45) is 5.92 Å². The van der Waals surface area contributed by atoms with E-state index in [1.807, 2.05) is 0 Å². The van der Waals surface area contributed by atoms with Crippen molar-refractivity contribution in [1.29, 1.82) is 5.26 Å². The normalized spacial score (nSPS) is 24.8. The summed E-state index contributed by atoms with van der Waals surface area (Å²) in [4.78, 5) is 2.27. The molecule has 0 bridgehead atoms. The zero-order chi connectivity index (χ0) is 8.97. The molecule has 1 aliphatic rings. The average Bonchev–Trinajstić information content (AvgIpc) is 2.03. The Kier molecular flexibility index (Phi) is 3.77. The minimum atomic E-state index is 0.227. The Bertz CT molecular complexity index is 207. The molecule has 12 heavy (non-hydrogen) atoms. The fourth-order valence-electron chi connectivity index (χ4n) is 1.55. The largest absolute Gasteiger partial charge is 0.297 e. The molecule has 1 rings (SSSR count). The van der Waals surface area contributed by atoms with Crippen molar-refractivity contribution in [2.75, 3.05) is 19.6 Å². The lowest BCUT2D eigenvalue weighted by molar-refractivity contribution is 0.218. The maximum Gasteiger partial charge on any atom is 0.0669 e. The monoisotopic (exact) mass is 228 g/mol. The first-order valence-corrected chi connectivity index (χ1v) is 4.97. The van der Waals surface area contributed by atoms with Crippen LogP contribution in [0.2, 0.25) is 0 Å². The van der Waals surface area contributed by atoms with Gasteiger partial charge in [-0.15, -0.1) is 0 Å². The van der Waals surface area contributed by atoms with Crippen LogP contribution in [0.3, 0.4) is 0 Å². The van der Waals surface area contributed by atoms with Crippen molar-refractivity contribution in [3.05, 3.63) is 11.1 Å². The van der Waals surface area contributed by atoms with Crippen molar-refractivity contribution < 1.29 is 0 Å². The molecule has 1 aliphatic heterocycles. The smallest absolute Gasteiger partial charge is 0.0669 e. The number of halogens is 1. The van der Waals surface area contributed by atoms with Crippen molar-refractivity contribution in [3.8, 4) is 6.07 Å². The molecule has 1 unspecified atom stereocenters. The molecule has 0 amide bonds. The quantitative estimate of drug-likeness (QED) is 0.725. The van der Waals surface area contributed by atoms with Gasteiger partial charge in [0.1, 0.15) is 0 Å². The van der Waals surface area contributed by atoms with Gasteiger partial charge in [0, 0.05) is 17.6 Å². The Balaban J connectivity index is 2.36. The van der Waals surface area contributed by atoms with Crippen LogP contribution in [-0.4, -0.2) is 24.5 Å². The van der Waals surface area contributed by atoms with E-state index in [0.717, 1.165) is 37.0 Å². The standard InChI is InChI=1S/C9H13BrN2/c1-8(10)6-12-4-2-3-9(5-11)7-12/h9H,1-4,6-7H2. The maximum absolute atomic E-state index is 8.73. The molecule has 0 spiro atoms. The van der Waals surface area contributed by atoms with Gasteiger partial charge in [-0.2, -0.15) is 5.26 Å².